The van der Waals surface area contributed by atoms with E-state index < -0.39 is 0 Å². The summed E-state index contributed by atoms with van der Waals surface area (Å²) in [5, 5.41) is 0. The minimum atomic E-state index is 0.0740. The molecule has 0 N–H and O–H groups in total. The molecule has 2 aliphatic carbocycles. The first kappa shape index (κ1) is 8.57. The van der Waals surface area contributed by atoms with Crippen molar-refractivity contribution >= 4 is 5.78 Å². The van der Waals surface area contributed by atoms with Gasteiger partial charge in [0.1, 0.15) is 11.9 Å². The molecule has 2 heteroatoms. The fraction of sp³-hybridized carbons (Fsp3) is 0.357. The van der Waals surface area contributed by atoms with Crippen molar-refractivity contribution in [3.63, 3.8) is 0 Å². The van der Waals surface area contributed by atoms with Gasteiger partial charge in [-0.1, -0.05) is 24.3 Å². The Morgan fingerprint density at radius 1 is 1.12 bits per heavy atom. The van der Waals surface area contributed by atoms with Crippen LogP contribution in [0.3, 0.4) is 0 Å². The molecule has 1 fully saturated rings. The van der Waals surface area contributed by atoms with Crippen molar-refractivity contribution < 1.29 is 9.53 Å². The Kier molecular flexibility index (Phi) is 1.48. The highest BCUT2D eigenvalue weighted by molar-refractivity contribution is 6.02. The SMILES string of the molecule is O=C1c2ccccc2O[C@H]2[C@@H]1[C@@H]1C=C[C@H]2C1. The Morgan fingerprint density at radius 2 is 1.94 bits per heavy atom. The lowest BCUT2D eigenvalue weighted by Crippen LogP contribution is -2.40. The number of hydrogen-bond acceptors (Lipinski definition) is 2. The van der Waals surface area contributed by atoms with Crippen LogP contribution in [0, 0.1) is 17.8 Å². The molecular weight excluding hydrogens is 200 g/mol. The normalized spacial score (nSPS) is 38.1. The molecule has 4 rings (SSSR count). The summed E-state index contributed by atoms with van der Waals surface area (Å²) >= 11 is 0. The van der Waals surface area contributed by atoms with Crippen molar-refractivity contribution in [3.8, 4) is 5.75 Å². The van der Waals surface area contributed by atoms with Crippen LogP contribution < -0.4 is 4.74 Å². The Bertz CT molecular complexity index is 503. The average Bonchev–Trinajstić information content (AvgIpc) is 2.90. The molecular formula is C14H12O2. The molecule has 16 heavy (non-hydrogen) atoms. The summed E-state index contributed by atoms with van der Waals surface area (Å²) < 4.78 is 5.99. The van der Waals surface area contributed by atoms with Crippen molar-refractivity contribution in [2.75, 3.05) is 0 Å². The molecule has 0 aromatic heterocycles. The van der Waals surface area contributed by atoms with E-state index in [4.69, 9.17) is 4.74 Å². The number of fused-ring (bicyclic) bond motifs is 6. The van der Waals surface area contributed by atoms with E-state index >= 15 is 0 Å². The van der Waals surface area contributed by atoms with Crippen LogP contribution in [0.25, 0.3) is 0 Å². The van der Waals surface area contributed by atoms with Crippen LogP contribution in [0.5, 0.6) is 5.75 Å². The highest BCUT2D eigenvalue weighted by Crippen LogP contribution is 2.49. The Morgan fingerprint density at radius 3 is 2.88 bits per heavy atom. The van der Waals surface area contributed by atoms with Crippen LogP contribution in [-0.2, 0) is 0 Å². The van der Waals surface area contributed by atoms with Gasteiger partial charge in [0.2, 0.25) is 0 Å². The maximum atomic E-state index is 12.4. The van der Waals surface area contributed by atoms with Gasteiger partial charge in [0.05, 0.1) is 11.5 Å². The fourth-order valence-corrected chi connectivity index (χ4v) is 3.38. The first-order valence-electron chi connectivity index (χ1n) is 5.83. The lowest BCUT2D eigenvalue weighted by molar-refractivity contribution is 0.0631. The summed E-state index contributed by atoms with van der Waals surface area (Å²) in [6, 6.07) is 7.61. The van der Waals surface area contributed by atoms with Gasteiger partial charge in [0, 0.05) is 5.92 Å². The van der Waals surface area contributed by atoms with Crippen molar-refractivity contribution in [3.05, 3.63) is 42.0 Å². The molecule has 1 saturated carbocycles. The fourth-order valence-electron chi connectivity index (χ4n) is 3.38. The molecule has 2 bridgehead atoms. The topological polar surface area (TPSA) is 26.3 Å². The predicted molar refractivity (Wildman–Crippen MR) is 59.4 cm³/mol. The number of allylic oxidation sites excluding steroid dienone is 1. The van der Waals surface area contributed by atoms with E-state index in [9.17, 15) is 4.79 Å². The Labute approximate surface area is 93.9 Å². The summed E-state index contributed by atoms with van der Waals surface area (Å²) in [5.74, 6) is 1.99. The van der Waals surface area contributed by atoms with Crippen LogP contribution in [0.15, 0.2) is 36.4 Å². The average molecular weight is 212 g/mol. The smallest absolute Gasteiger partial charge is 0.173 e. The number of carbonyl (C=O) groups excluding carboxylic acids is 1. The van der Waals surface area contributed by atoms with Gasteiger partial charge in [-0.3, -0.25) is 4.79 Å². The Balaban J connectivity index is 1.86. The molecule has 1 aliphatic heterocycles. The summed E-state index contributed by atoms with van der Waals surface area (Å²) in [6.07, 6.45) is 5.60. The minimum absolute atomic E-state index is 0.0740. The number of para-hydroxylation sites is 1. The van der Waals surface area contributed by atoms with Gasteiger partial charge in [0.25, 0.3) is 0 Å². The first-order valence-corrected chi connectivity index (χ1v) is 5.83. The molecule has 0 radical (unpaired) electrons. The number of ether oxygens (including phenoxy) is 1. The highest BCUT2D eigenvalue weighted by Gasteiger charge is 2.52. The van der Waals surface area contributed by atoms with Crippen LogP contribution in [0.2, 0.25) is 0 Å². The van der Waals surface area contributed by atoms with Crippen LogP contribution >= 0.6 is 0 Å². The van der Waals surface area contributed by atoms with Crippen LogP contribution in [0.4, 0.5) is 0 Å². The molecule has 4 atom stereocenters. The molecule has 2 nitrogen and oxygen atoms in total. The van der Waals surface area contributed by atoms with E-state index in [1.165, 1.54) is 0 Å². The van der Waals surface area contributed by atoms with E-state index in [1.807, 2.05) is 24.3 Å². The van der Waals surface area contributed by atoms with Crippen molar-refractivity contribution in [2.24, 2.45) is 17.8 Å². The van der Waals surface area contributed by atoms with Gasteiger partial charge < -0.3 is 4.74 Å². The maximum absolute atomic E-state index is 12.4. The van der Waals surface area contributed by atoms with Gasteiger partial charge in [-0.25, -0.2) is 0 Å². The van der Waals surface area contributed by atoms with Gasteiger partial charge in [-0.15, -0.1) is 0 Å². The standard InChI is InChI=1S/C14H12O2/c15-13-10-3-1-2-4-11(10)16-14-9-6-5-8(7-9)12(13)14/h1-6,8-9,12,14H,7H2/t8-,9+,12-,14-/m1/s1. The third-order valence-corrected chi connectivity index (χ3v) is 4.11. The lowest BCUT2D eigenvalue weighted by atomic mass is 9.82. The number of benzene rings is 1. The molecule has 0 spiro atoms. The second-order valence-electron chi connectivity index (χ2n) is 4.92. The van der Waals surface area contributed by atoms with E-state index in [-0.39, 0.29) is 17.8 Å². The van der Waals surface area contributed by atoms with Gasteiger partial charge in [-0.05, 0) is 24.5 Å². The molecule has 0 unspecified atom stereocenters. The zero-order valence-electron chi connectivity index (χ0n) is 8.80. The summed E-state index contributed by atoms with van der Waals surface area (Å²) in [7, 11) is 0. The second-order valence-corrected chi connectivity index (χ2v) is 4.92. The zero-order chi connectivity index (χ0) is 10.7. The van der Waals surface area contributed by atoms with E-state index in [2.05, 4.69) is 12.2 Å². The highest BCUT2D eigenvalue weighted by atomic mass is 16.5. The predicted octanol–water partition coefficient (Wildman–Crippen LogP) is 2.45. The number of ketones is 1. The minimum Gasteiger partial charge on any atom is -0.488 e. The molecule has 0 saturated heterocycles. The van der Waals surface area contributed by atoms with Crippen LogP contribution in [0.1, 0.15) is 16.8 Å². The van der Waals surface area contributed by atoms with Crippen molar-refractivity contribution in [1.82, 2.24) is 0 Å². The van der Waals surface area contributed by atoms with E-state index in [0.717, 1.165) is 17.7 Å². The second kappa shape index (κ2) is 2.76. The molecule has 1 aromatic carbocycles. The number of hydrogen-bond donors (Lipinski definition) is 0. The molecule has 80 valence electrons. The molecule has 1 heterocycles. The monoisotopic (exact) mass is 212 g/mol. The summed E-state index contributed by atoms with van der Waals surface area (Å²) in [5.41, 5.74) is 0.768. The van der Waals surface area contributed by atoms with Crippen molar-refractivity contribution in [2.45, 2.75) is 12.5 Å². The first-order chi connectivity index (χ1) is 7.84. The Hall–Kier alpha value is -1.57. The lowest BCUT2D eigenvalue weighted by Gasteiger charge is -2.33. The zero-order valence-corrected chi connectivity index (χ0v) is 8.80. The number of rotatable bonds is 0. The van der Waals surface area contributed by atoms with Gasteiger partial charge in [0.15, 0.2) is 5.78 Å². The molecule has 3 aliphatic rings. The maximum Gasteiger partial charge on any atom is 0.173 e. The largest absolute Gasteiger partial charge is 0.488 e. The quantitative estimate of drug-likeness (QED) is 0.617. The van der Waals surface area contributed by atoms with Gasteiger partial charge in [-0.2, -0.15) is 0 Å². The molecule has 0 amide bonds. The van der Waals surface area contributed by atoms with E-state index in [0.29, 0.717) is 11.8 Å². The summed E-state index contributed by atoms with van der Waals surface area (Å²) in [6.45, 7) is 0. The number of carbonyl (C=O) groups is 1. The van der Waals surface area contributed by atoms with Gasteiger partial charge >= 0.3 is 0 Å². The molecule has 1 aromatic rings. The van der Waals surface area contributed by atoms with E-state index in [1.54, 1.807) is 0 Å². The summed E-state index contributed by atoms with van der Waals surface area (Å²) in [4.78, 5) is 12.4. The van der Waals surface area contributed by atoms with Crippen LogP contribution in [-0.4, -0.2) is 11.9 Å². The van der Waals surface area contributed by atoms with Crippen molar-refractivity contribution in [1.29, 1.82) is 0 Å². The third kappa shape index (κ3) is 0.902. The third-order valence-electron chi connectivity index (χ3n) is 4.11. The number of Topliss-reactive ketones (excluding diaryl/α,β-unsaturated/α-hetero) is 1.